The Morgan fingerprint density at radius 3 is 2.65 bits per heavy atom. The molecule has 2 aromatic carbocycles. The number of aromatic nitrogens is 4. The Morgan fingerprint density at radius 1 is 1.09 bits per heavy atom. The molecule has 4 nitrogen and oxygen atoms in total. The zero-order valence-electron chi connectivity index (χ0n) is 12.6. The fraction of sp³-hybridized carbons (Fsp3) is 0.118. The van der Waals surface area contributed by atoms with Gasteiger partial charge in [-0.05, 0) is 29.7 Å². The quantitative estimate of drug-likeness (QED) is 0.394. The standard InChI is InChI=1S/C17H13N4S.Ir/c1-11-5-3-6-12(2)16(11)21-17(18-9-20-21)13-7-4-8-14-15(13)19-10-22-14;/h3-6,8-10H,1-2H3;/q-1;. The van der Waals surface area contributed by atoms with Crippen LogP contribution in [0.3, 0.4) is 0 Å². The summed E-state index contributed by atoms with van der Waals surface area (Å²) in [5.41, 5.74) is 7.05. The van der Waals surface area contributed by atoms with E-state index in [4.69, 9.17) is 0 Å². The van der Waals surface area contributed by atoms with Crippen LogP contribution < -0.4 is 0 Å². The van der Waals surface area contributed by atoms with Crippen molar-refractivity contribution < 1.29 is 20.1 Å². The number of rotatable bonds is 2. The van der Waals surface area contributed by atoms with Gasteiger partial charge < -0.3 is 0 Å². The predicted molar refractivity (Wildman–Crippen MR) is 88.3 cm³/mol. The Balaban J connectivity index is 0.00000156. The molecule has 0 aliphatic rings. The number of aryl methyl sites for hydroxylation is 2. The smallest absolute Gasteiger partial charge is 0.127 e. The summed E-state index contributed by atoms with van der Waals surface area (Å²) < 4.78 is 3.01. The molecule has 0 unspecified atom stereocenters. The van der Waals surface area contributed by atoms with E-state index in [-0.39, 0.29) is 20.1 Å². The Kier molecular flexibility index (Phi) is 4.39. The van der Waals surface area contributed by atoms with E-state index in [0.717, 1.165) is 38.4 Å². The number of thiazole rings is 1. The van der Waals surface area contributed by atoms with Crippen LogP contribution in [0.2, 0.25) is 0 Å². The van der Waals surface area contributed by atoms with Crippen LogP contribution in [-0.2, 0) is 20.1 Å². The Labute approximate surface area is 151 Å². The number of nitrogens with zero attached hydrogens (tertiary/aromatic N) is 4. The molecule has 0 fully saturated rings. The molecule has 0 saturated carbocycles. The van der Waals surface area contributed by atoms with Crippen LogP contribution in [0.1, 0.15) is 11.1 Å². The molecule has 4 aromatic rings. The van der Waals surface area contributed by atoms with Crippen molar-refractivity contribution in [3.8, 4) is 17.1 Å². The van der Waals surface area contributed by atoms with Crippen LogP contribution in [0.25, 0.3) is 27.3 Å². The molecule has 1 radical (unpaired) electrons. The minimum atomic E-state index is 0. The molecule has 0 atom stereocenters. The fourth-order valence-electron chi connectivity index (χ4n) is 2.72. The Morgan fingerprint density at radius 2 is 1.87 bits per heavy atom. The third-order valence-electron chi connectivity index (χ3n) is 3.72. The van der Waals surface area contributed by atoms with E-state index >= 15 is 0 Å². The topological polar surface area (TPSA) is 43.6 Å². The van der Waals surface area contributed by atoms with E-state index in [1.807, 2.05) is 22.3 Å². The number of fused-ring (bicyclic) bond motifs is 1. The van der Waals surface area contributed by atoms with Gasteiger partial charge in [-0.2, -0.15) is 5.10 Å². The summed E-state index contributed by atoms with van der Waals surface area (Å²) in [5, 5.41) is 4.44. The molecule has 2 aromatic heterocycles. The second-order valence-corrected chi connectivity index (χ2v) is 6.04. The SMILES string of the molecule is Cc1cccc(C)c1-n1ncnc1-c1[c-]ccc2scnc12.[Ir]. The molecule has 0 spiro atoms. The van der Waals surface area contributed by atoms with Crippen LogP contribution in [-0.4, -0.2) is 19.7 Å². The summed E-state index contributed by atoms with van der Waals surface area (Å²) in [6, 6.07) is 13.4. The first-order valence-corrected chi connectivity index (χ1v) is 7.84. The second kappa shape index (κ2) is 6.32. The van der Waals surface area contributed by atoms with Crippen LogP contribution >= 0.6 is 11.3 Å². The molecular weight excluding hydrogens is 484 g/mol. The molecular formula is C17H13IrN4S-. The summed E-state index contributed by atoms with van der Waals surface area (Å²) in [4.78, 5) is 8.92. The molecule has 0 aliphatic heterocycles. The van der Waals surface area contributed by atoms with Crippen molar-refractivity contribution in [1.29, 1.82) is 0 Å². The van der Waals surface area contributed by atoms with Gasteiger partial charge in [0.15, 0.2) is 0 Å². The summed E-state index contributed by atoms with van der Waals surface area (Å²) in [6.45, 7) is 4.17. The number of para-hydroxylation sites is 1. The molecule has 6 heteroatoms. The minimum Gasteiger partial charge on any atom is -0.293 e. The van der Waals surface area contributed by atoms with E-state index in [1.54, 1.807) is 17.7 Å². The molecule has 0 amide bonds. The molecule has 23 heavy (non-hydrogen) atoms. The van der Waals surface area contributed by atoms with E-state index in [9.17, 15) is 0 Å². The number of benzene rings is 2. The fourth-order valence-corrected chi connectivity index (χ4v) is 3.40. The van der Waals surface area contributed by atoms with E-state index < -0.39 is 0 Å². The van der Waals surface area contributed by atoms with E-state index in [1.165, 1.54) is 0 Å². The molecule has 0 bridgehead atoms. The third kappa shape index (κ3) is 2.63. The van der Waals surface area contributed by atoms with Gasteiger partial charge in [0.25, 0.3) is 0 Å². The van der Waals surface area contributed by atoms with Crippen molar-refractivity contribution in [2.45, 2.75) is 13.8 Å². The molecule has 2 heterocycles. The largest absolute Gasteiger partial charge is 0.293 e. The van der Waals surface area contributed by atoms with Gasteiger partial charge in [0, 0.05) is 25.6 Å². The average molecular weight is 498 g/mol. The van der Waals surface area contributed by atoms with Gasteiger partial charge in [0.1, 0.15) is 6.33 Å². The van der Waals surface area contributed by atoms with Crippen LogP contribution in [0, 0.1) is 19.9 Å². The van der Waals surface area contributed by atoms with Crippen molar-refractivity contribution in [1.82, 2.24) is 19.7 Å². The Hall–Kier alpha value is -1.88. The van der Waals surface area contributed by atoms with Gasteiger partial charge in [0.05, 0.1) is 17.0 Å². The van der Waals surface area contributed by atoms with Crippen LogP contribution in [0.15, 0.2) is 42.2 Å². The van der Waals surface area contributed by atoms with Gasteiger partial charge in [-0.25, -0.2) is 0 Å². The third-order valence-corrected chi connectivity index (χ3v) is 4.51. The maximum atomic E-state index is 4.46. The zero-order valence-corrected chi connectivity index (χ0v) is 15.8. The summed E-state index contributed by atoms with van der Waals surface area (Å²) in [7, 11) is 0. The molecule has 4 rings (SSSR count). The summed E-state index contributed by atoms with van der Waals surface area (Å²) >= 11 is 1.62. The summed E-state index contributed by atoms with van der Waals surface area (Å²) in [5.74, 6) is 0.772. The van der Waals surface area contributed by atoms with E-state index in [2.05, 4.69) is 53.2 Å². The Bertz CT molecular complexity index is 953. The molecule has 0 N–H and O–H groups in total. The summed E-state index contributed by atoms with van der Waals surface area (Å²) in [6.07, 6.45) is 1.58. The number of hydrogen-bond donors (Lipinski definition) is 0. The van der Waals surface area contributed by atoms with E-state index in [0.29, 0.717) is 0 Å². The number of hydrogen-bond acceptors (Lipinski definition) is 4. The van der Waals surface area contributed by atoms with Crippen molar-refractivity contribution in [2.75, 3.05) is 0 Å². The maximum absolute atomic E-state index is 4.46. The van der Waals surface area contributed by atoms with Gasteiger partial charge in [0.2, 0.25) is 0 Å². The first kappa shape index (κ1) is 16.0. The monoisotopic (exact) mass is 498 g/mol. The first-order chi connectivity index (χ1) is 10.8. The normalized spacial score (nSPS) is 10.7. The minimum absolute atomic E-state index is 0. The van der Waals surface area contributed by atoms with Crippen molar-refractivity contribution in [3.05, 3.63) is 59.4 Å². The van der Waals surface area contributed by atoms with Crippen molar-refractivity contribution in [2.24, 2.45) is 0 Å². The van der Waals surface area contributed by atoms with Gasteiger partial charge in [-0.1, -0.05) is 23.8 Å². The predicted octanol–water partition coefficient (Wildman–Crippen LogP) is 3.96. The second-order valence-electron chi connectivity index (χ2n) is 5.15. The molecule has 0 aliphatic carbocycles. The zero-order chi connectivity index (χ0) is 15.1. The van der Waals surface area contributed by atoms with Crippen molar-refractivity contribution >= 4 is 21.6 Å². The van der Waals surface area contributed by atoms with Gasteiger partial charge in [-0.3, -0.25) is 14.6 Å². The van der Waals surface area contributed by atoms with Crippen LogP contribution in [0.4, 0.5) is 0 Å². The van der Waals surface area contributed by atoms with Gasteiger partial charge >= 0.3 is 0 Å². The molecule has 117 valence electrons. The average Bonchev–Trinajstić information content (AvgIpc) is 3.15. The van der Waals surface area contributed by atoms with Crippen LogP contribution in [0.5, 0.6) is 0 Å². The van der Waals surface area contributed by atoms with Crippen molar-refractivity contribution in [3.63, 3.8) is 0 Å². The maximum Gasteiger partial charge on any atom is 0.127 e. The first-order valence-electron chi connectivity index (χ1n) is 6.96. The van der Waals surface area contributed by atoms with Gasteiger partial charge in [-0.15, -0.1) is 29.5 Å². The molecule has 0 saturated heterocycles.